The predicted octanol–water partition coefficient (Wildman–Crippen LogP) is 33.7. The molecule has 7 nitrogen and oxygen atoms in total. The Morgan fingerprint density at radius 2 is 0.423 bits per heavy atom. The summed E-state index contributed by atoms with van der Waals surface area (Å²) >= 11 is 0. The van der Waals surface area contributed by atoms with Gasteiger partial charge in [0.25, 0.3) is 0 Å². The van der Waals surface area contributed by atoms with Crippen LogP contribution < -0.4 is 19.6 Å². The van der Waals surface area contributed by atoms with Crippen molar-refractivity contribution in [2.24, 2.45) is 0 Å². The van der Waals surface area contributed by atoms with Gasteiger partial charge in [0.1, 0.15) is 27.9 Å². The number of rotatable bonds is 15. The summed E-state index contributed by atoms with van der Waals surface area (Å²) in [5, 5.41) is 18.5. The molecule has 0 radical (unpaired) electrons. The number of anilines is 12. The highest BCUT2D eigenvalue weighted by molar-refractivity contribution is 6.32. The Labute approximate surface area is 710 Å². The number of furan rings is 3. The Morgan fingerprint density at radius 1 is 0.138 bits per heavy atom. The molecule has 7 heteroatoms. The number of para-hydroxylation sites is 9. The zero-order chi connectivity index (χ0) is 81.3. The normalized spacial score (nSPS) is 11.6. The van der Waals surface area contributed by atoms with E-state index in [0.29, 0.717) is 0 Å². The summed E-state index contributed by atoms with van der Waals surface area (Å²) in [6.45, 7) is 0. The minimum atomic E-state index is 0.869. The highest BCUT2D eigenvalue weighted by Crippen LogP contribution is 2.50. The van der Waals surface area contributed by atoms with Crippen LogP contribution in [0.4, 0.5) is 68.2 Å². The zero-order valence-electron chi connectivity index (χ0n) is 66.9. The van der Waals surface area contributed by atoms with Crippen LogP contribution in [0.1, 0.15) is 0 Å². The molecule has 3 heterocycles. The molecular weight excluding hydrogens is 1500 g/mol. The lowest BCUT2D eigenvalue weighted by Gasteiger charge is -2.26. The van der Waals surface area contributed by atoms with Crippen molar-refractivity contribution >= 4 is 188 Å². The maximum Gasteiger partial charge on any atom is 0.159 e. The standard InChI is InChI=1S/C62H40N2O2.C54H36N2O/c1-4-15-45(16-5-1)63(46-17-6-2-7-18-46)49-36-38-54-56(40-49)50-21-10-11-23-52(50)60-55-37-33-44(39-59(55)66-62(54)60)43-29-27-41(28-30-43)42-31-34-48(35-32-42)64(47-19-8-3-9-20-47)57-25-14-24-53-51-22-12-13-26-58(51)65-61(53)57;1-5-15-41(16-6-1)55(42-17-7-2-8-18-42)45-29-27-38-33-37(25-26-39(38)34-45)40-28-31-50-52(35-40)57-54-49-32-30-46(36-51(49)47-23-13-14-24-48(47)53(50)54)56(43-19-9-3-10-20-43)44-21-11-4-12-22-44/h1-40H;1-36H. The van der Waals surface area contributed by atoms with Gasteiger partial charge in [-0.15, -0.1) is 0 Å². The minimum absolute atomic E-state index is 0.869. The molecule has 0 aliphatic heterocycles. The molecule has 0 amide bonds. The van der Waals surface area contributed by atoms with Crippen LogP contribution in [-0.4, -0.2) is 0 Å². The van der Waals surface area contributed by atoms with Crippen LogP contribution in [0.2, 0.25) is 0 Å². The molecule has 0 fully saturated rings. The Balaban J connectivity index is 0.000000144. The van der Waals surface area contributed by atoms with Crippen LogP contribution in [0.5, 0.6) is 0 Å². The summed E-state index contributed by atoms with van der Waals surface area (Å²) in [4.78, 5) is 9.21. The molecular formula is C116H76N4O3. The van der Waals surface area contributed by atoms with Gasteiger partial charge in [0.2, 0.25) is 0 Å². The summed E-state index contributed by atoms with van der Waals surface area (Å²) in [6, 6.07) is 164. The molecule has 0 aliphatic rings. The third kappa shape index (κ3) is 12.9. The van der Waals surface area contributed by atoms with Crippen molar-refractivity contribution in [1.29, 1.82) is 0 Å². The average Bonchev–Trinajstić information content (AvgIpc) is 1.60. The Kier molecular flexibility index (Phi) is 17.8. The quantitative estimate of drug-likeness (QED) is 0.0948. The first-order valence-electron chi connectivity index (χ1n) is 41.8. The molecule has 0 bridgehead atoms. The van der Waals surface area contributed by atoms with Gasteiger partial charge in [0, 0.05) is 106 Å². The Morgan fingerprint density at radius 3 is 0.878 bits per heavy atom. The van der Waals surface area contributed by atoms with Gasteiger partial charge in [-0.05, 0) is 265 Å². The molecule has 24 aromatic rings. The SMILES string of the molecule is c1ccc(N(c2ccccc2)c2ccc3c(c2)c2ccccc2c2c4ccc(-c5ccc(-c6ccc(N(c7ccccc7)c7cccc8c7oc7ccccc78)cc6)cc5)cc4oc32)cc1.c1ccc(N(c2ccccc2)c2ccc3cc(-c4ccc5c(c4)oc4c6ccc(N(c7ccccc7)c7ccccc7)cc6c6ccccc6c54)ccc3c2)cc1. The van der Waals surface area contributed by atoms with Crippen LogP contribution >= 0.6 is 0 Å². The van der Waals surface area contributed by atoms with E-state index in [4.69, 9.17) is 13.3 Å². The molecule has 0 spiro atoms. The van der Waals surface area contributed by atoms with Gasteiger partial charge in [0.05, 0.1) is 5.69 Å². The molecule has 123 heavy (non-hydrogen) atoms. The molecule has 0 aliphatic carbocycles. The molecule has 21 aromatic carbocycles. The first-order valence-corrected chi connectivity index (χ1v) is 41.8. The van der Waals surface area contributed by atoms with Crippen LogP contribution in [0.25, 0.3) is 153 Å². The van der Waals surface area contributed by atoms with E-state index >= 15 is 0 Å². The Bertz CT molecular complexity index is 7980. The predicted molar refractivity (Wildman–Crippen MR) is 517 cm³/mol. The monoisotopic (exact) mass is 1570 g/mol. The van der Waals surface area contributed by atoms with Gasteiger partial charge < -0.3 is 32.9 Å². The summed E-state index contributed by atoms with van der Waals surface area (Å²) in [5.74, 6) is 0. The minimum Gasteiger partial charge on any atom is -0.455 e. The fraction of sp³-hybridized carbons (Fsp3) is 0. The molecule has 0 unspecified atom stereocenters. The molecule has 24 rings (SSSR count). The number of fused-ring (bicyclic) bond motifs is 20. The highest BCUT2D eigenvalue weighted by Gasteiger charge is 2.25. The second-order valence-corrected chi connectivity index (χ2v) is 31.4. The lowest BCUT2D eigenvalue weighted by molar-refractivity contribution is 0.669. The van der Waals surface area contributed by atoms with Gasteiger partial charge in [-0.1, -0.05) is 273 Å². The maximum absolute atomic E-state index is 6.91. The van der Waals surface area contributed by atoms with Crippen LogP contribution in [0, 0.1) is 0 Å². The second-order valence-electron chi connectivity index (χ2n) is 31.4. The number of hydrogen-bond donors (Lipinski definition) is 0. The van der Waals surface area contributed by atoms with E-state index in [0.717, 1.165) is 184 Å². The smallest absolute Gasteiger partial charge is 0.159 e. The fourth-order valence-electron chi connectivity index (χ4n) is 18.4. The van der Waals surface area contributed by atoms with Crippen molar-refractivity contribution in [3.8, 4) is 33.4 Å². The number of hydrogen-bond acceptors (Lipinski definition) is 7. The lowest BCUT2D eigenvalue weighted by atomic mass is 9.95. The van der Waals surface area contributed by atoms with Crippen molar-refractivity contribution in [2.75, 3.05) is 19.6 Å². The van der Waals surface area contributed by atoms with E-state index in [-0.39, 0.29) is 0 Å². The third-order valence-corrected chi connectivity index (χ3v) is 24.2. The number of benzene rings is 21. The second kappa shape index (κ2) is 30.5. The molecule has 0 atom stereocenters. The fourth-order valence-corrected chi connectivity index (χ4v) is 18.4. The first-order chi connectivity index (χ1) is 61.0. The topological polar surface area (TPSA) is 52.4 Å². The van der Waals surface area contributed by atoms with Crippen LogP contribution in [0.15, 0.2) is 474 Å². The van der Waals surface area contributed by atoms with E-state index in [1.54, 1.807) is 0 Å². The van der Waals surface area contributed by atoms with Crippen molar-refractivity contribution in [1.82, 2.24) is 0 Å². The number of nitrogens with zero attached hydrogens (tertiary/aromatic N) is 4. The van der Waals surface area contributed by atoms with Crippen molar-refractivity contribution < 1.29 is 13.3 Å². The van der Waals surface area contributed by atoms with E-state index in [1.165, 1.54) is 37.7 Å². The molecule has 0 saturated carbocycles. The van der Waals surface area contributed by atoms with Gasteiger partial charge in [-0.3, -0.25) is 0 Å². The Hall–Kier alpha value is -16.5. The van der Waals surface area contributed by atoms with E-state index in [2.05, 4.69) is 469 Å². The molecule has 3 aromatic heterocycles. The van der Waals surface area contributed by atoms with Gasteiger partial charge in [0.15, 0.2) is 5.58 Å². The van der Waals surface area contributed by atoms with Crippen molar-refractivity contribution in [2.45, 2.75) is 0 Å². The van der Waals surface area contributed by atoms with Crippen molar-refractivity contribution in [3.05, 3.63) is 461 Å². The van der Waals surface area contributed by atoms with Gasteiger partial charge >= 0.3 is 0 Å². The van der Waals surface area contributed by atoms with E-state index in [9.17, 15) is 0 Å². The third-order valence-electron chi connectivity index (χ3n) is 24.2. The average molecular weight is 1570 g/mol. The van der Waals surface area contributed by atoms with Crippen LogP contribution in [-0.2, 0) is 0 Å². The first kappa shape index (κ1) is 71.8. The molecule has 0 N–H and O–H groups in total. The molecule has 0 saturated heterocycles. The largest absolute Gasteiger partial charge is 0.455 e. The summed E-state index contributed by atoms with van der Waals surface area (Å²) in [5.41, 5.74) is 25.3. The lowest BCUT2D eigenvalue weighted by Crippen LogP contribution is -2.10. The molecule has 578 valence electrons. The van der Waals surface area contributed by atoms with Gasteiger partial charge in [-0.25, -0.2) is 0 Å². The highest BCUT2D eigenvalue weighted by atomic mass is 16.3. The summed E-state index contributed by atoms with van der Waals surface area (Å²) < 4.78 is 20.3. The summed E-state index contributed by atoms with van der Waals surface area (Å²) in [6.07, 6.45) is 0. The summed E-state index contributed by atoms with van der Waals surface area (Å²) in [7, 11) is 0. The maximum atomic E-state index is 6.91. The van der Waals surface area contributed by atoms with E-state index in [1.807, 2.05) is 12.1 Å². The van der Waals surface area contributed by atoms with Gasteiger partial charge in [-0.2, -0.15) is 0 Å². The van der Waals surface area contributed by atoms with E-state index < -0.39 is 0 Å². The van der Waals surface area contributed by atoms with Crippen molar-refractivity contribution in [3.63, 3.8) is 0 Å². The van der Waals surface area contributed by atoms with Crippen LogP contribution in [0.3, 0.4) is 0 Å². The zero-order valence-corrected chi connectivity index (χ0v) is 66.9.